The Labute approximate surface area is 179 Å². The molecule has 0 atom stereocenters. The number of thioether (sulfide) groups is 1. The summed E-state index contributed by atoms with van der Waals surface area (Å²) in [5.74, 6) is 0.740. The molecule has 1 amide bonds. The number of carbonyl (C=O) groups is 1. The average molecular weight is 447 g/mol. The molecular weight excluding hydrogens is 432 g/mol. The lowest BCUT2D eigenvalue weighted by molar-refractivity contribution is -0.113. The zero-order valence-electron chi connectivity index (χ0n) is 15.2. The van der Waals surface area contributed by atoms with Gasteiger partial charge in [-0.2, -0.15) is 4.68 Å². The van der Waals surface area contributed by atoms with E-state index in [-0.39, 0.29) is 11.7 Å². The Morgan fingerprint density at radius 1 is 1.28 bits per heavy atom. The van der Waals surface area contributed by atoms with Gasteiger partial charge in [-0.3, -0.25) is 4.79 Å². The first-order chi connectivity index (χ1) is 14.1. The maximum Gasteiger partial charge on any atom is 0.236 e. The van der Waals surface area contributed by atoms with Crippen LogP contribution in [0.15, 0.2) is 47.6 Å². The van der Waals surface area contributed by atoms with E-state index in [1.165, 1.54) is 23.1 Å². The highest BCUT2D eigenvalue weighted by molar-refractivity contribution is 7.99. The number of tetrazole rings is 1. The molecule has 0 aliphatic carbocycles. The lowest BCUT2D eigenvalue weighted by atomic mass is 10.3. The van der Waals surface area contributed by atoms with E-state index < -0.39 is 0 Å². The number of nitrogens with zero attached hydrogens (tertiary/aromatic N) is 5. The number of amides is 1. The van der Waals surface area contributed by atoms with E-state index in [9.17, 15) is 4.79 Å². The summed E-state index contributed by atoms with van der Waals surface area (Å²) in [5.41, 5.74) is 1.58. The molecule has 0 radical (unpaired) electrons. The van der Waals surface area contributed by atoms with Gasteiger partial charge in [-0.25, -0.2) is 4.98 Å². The number of carbonyl (C=O) groups excluding carboxylic acids is 1. The van der Waals surface area contributed by atoms with Crippen molar-refractivity contribution in [3.05, 3.63) is 47.5 Å². The van der Waals surface area contributed by atoms with Crippen molar-refractivity contribution in [3.8, 4) is 11.4 Å². The van der Waals surface area contributed by atoms with Crippen molar-refractivity contribution < 1.29 is 9.53 Å². The number of aromatic nitrogens is 5. The highest BCUT2D eigenvalue weighted by atomic mass is 35.5. The minimum atomic E-state index is -0.190. The fourth-order valence-electron chi connectivity index (χ4n) is 2.51. The molecule has 29 heavy (non-hydrogen) atoms. The van der Waals surface area contributed by atoms with Gasteiger partial charge in [0.25, 0.3) is 0 Å². The van der Waals surface area contributed by atoms with Gasteiger partial charge in [0.2, 0.25) is 11.1 Å². The number of rotatable bonds is 7. The molecule has 0 unspecified atom stereocenters. The number of benzene rings is 2. The second-order valence-electron chi connectivity index (χ2n) is 5.77. The molecule has 0 spiro atoms. The van der Waals surface area contributed by atoms with E-state index in [1.54, 1.807) is 28.9 Å². The molecule has 2 aromatic heterocycles. The van der Waals surface area contributed by atoms with E-state index in [1.807, 2.05) is 25.1 Å². The van der Waals surface area contributed by atoms with Gasteiger partial charge in [-0.05, 0) is 59.8 Å². The lowest BCUT2D eigenvalue weighted by Gasteiger charge is -2.04. The molecule has 11 heteroatoms. The molecule has 0 bridgehead atoms. The Morgan fingerprint density at radius 2 is 2.10 bits per heavy atom. The summed E-state index contributed by atoms with van der Waals surface area (Å²) in [7, 11) is 0. The largest absolute Gasteiger partial charge is 0.494 e. The Hall–Kier alpha value is -2.69. The van der Waals surface area contributed by atoms with Crippen LogP contribution in [-0.4, -0.2) is 43.5 Å². The van der Waals surface area contributed by atoms with Gasteiger partial charge in [0.1, 0.15) is 5.75 Å². The van der Waals surface area contributed by atoms with Crippen LogP contribution >= 0.6 is 34.7 Å². The van der Waals surface area contributed by atoms with Gasteiger partial charge in [0.15, 0.2) is 5.13 Å². The molecule has 4 rings (SSSR count). The van der Waals surface area contributed by atoms with Crippen molar-refractivity contribution in [3.63, 3.8) is 0 Å². The Balaban J connectivity index is 1.40. The van der Waals surface area contributed by atoms with E-state index in [4.69, 9.17) is 16.3 Å². The van der Waals surface area contributed by atoms with Crippen molar-refractivity contribution in [2.75, 3.05) is 17.7 Å². The molecule has 1 N–H and O–H groups in total. The van der Waals surface area contributed by atoms with Crippen LogP contribution < -0.4 is 10.1 Å². The SMILES string of the molecule is CCOc1ccc2nc(NC(=O)CSc3nnnn3-c3ccc(Cl)cc3)sc2c1. The fourth-order valence-corrected chi connectivity index (χ4v) is 4.24. The normalized spacial score (nSPS) is 11.0. The Bertz CT molecular complexity index is 1140. The summed E-state index contributed by atoms with van der Waals surface area (Å²) in [6.07, 6.45) is 0. The fraction of sp³-hybridized carbons (Fsp3) is 0.167. The molecule has 4 aromatic rings. The first-order valence-electron chi connectivity index (χ1n) is 8.63. The minimum absolute atomic E-state index is 0.147. The second-order valence-corrected chi connectivity index (χ2v) is 8.18. The Morgan fingerprint density at radius 3 is 2.90 bits per heavy atom. The van der Waals surface area contributed by atoms with Gasteiger partial charge in [-0.15, -0.1) is 5.10 Å². The molecular formula is C18H15ClN6O2S2. The summed E-state index contributed by atoms with van der Waals surface area (Å²) < 4.78 is 8.00. The molecule has 0 saturated heterocycles. The first kappa shape index (κ1) is 19.6. The lowest BCUT2D eigenvalue weighted by Crippen LogP contribution is -2.14. The number of ether oxygens (including phenoxy) is 1. The number of anilines is 1. The number of halogens is 1. The third kappa shape index (κ3) is 4.66. The zero-order chi connectivity index (χ0) is 20.2. The Kier molecular flexibility index (Phi) is 5.93. The third-order valence-electron chi connectivity index (χ3n) is 3.76. The molecule has 0 aliphatic heterocycles. The van der Waals surface area contributed by atoms with E-state index in [0.29, 0.717) is 21.9 Å². The first-order valence-corrected chi connectivity index (χ1v) is 10.8. The van der Waals surface area contributed by atoms with E-state index in [0.717, 1.165) is 21.7 Å². The topological polar surface area (TPSA) is 94.8 Å². The van der Waals surface area contributed by atoms with Crippen molar-refractivity contribution in [1.29, 1.82) is 0 Å². The molecule has 0 saturated carbocycles. The number of hydrogen-bond donors (Lipinski definition) is 1. The molecule has 0 aliphatic rings. The quantitative estimate of drug-likeness (QED) is 0.428. The average Bonchev–Trinajstić information content (AvgIpc) is 3.33. The van der Waals surface area contributed by atoms with Gasteiger partial charge >= 0.3 is 0 Å². The second kappa shape index (κ2) is 8.76. The summed E-state index contributed by atoms with van der Waals surface area (Å²) in [4.78, 5) is 16.8. The van der Waals surface area contributed by atoms with Crippen molar-refractivity contribution in [2.45, 2.75) is 12.1 Å². The monoisotopic (exact) mass is 446 g/mol. The van der Waals surface area contributed by atoms with Crippen molar-refractivity contribution in [1.82, 2.24) is 25.2 Å². The zero-order valence-corrected chi connectivity index (χ0v) is 17.6. The van der Waals surface area contributed by atoms with E-state index in [2.05, 4.69) is 25.8 Å². The van der Waals surface area contributed by atoms with Gasteiger partial charge < -0.3 is 10.1 Å². The van der Waals surface area contributed by atoms with Crippen molar-refractivity contribution >= 4 is 56.0 Å². The molecule has 148 valence electrons. The van der Waals surface area contributed by atoms with Crippen LogP contribution in [0.5, 0.6) is 5.75 Å². The molecule has 0 fully saturated rings. The van der Waals surface area contributed by atoms with Crippen LogP contribution in [0.2, 0.25) is 5.02 Å². The van der Waals surface area contributed by atoms with Gasteiger partial charge in [0, 0.05) is 5.02 Å². The highest BCUT2D eigenvalue weighted by Gasteiger charge is 2.13. The highest BCUT2D eigenvalue weighted by Crippen LogP contribution is 2.29. The van der Waals surface area contributed by atoms with Crippen LogP contribution in [0, 0.1) is 0 Å². The summed E-state index contributed by atoms with van der Waals surface area (Å²) in [5, 5.41) is 16.1. The third-order valence-corrected chi connectivity index (χ3v) is 5.87. The maximum atomic E-state index is 12.4. The van der Waals surface area contributed by atoms with Crippen LogP contribution in [-0.2, 0) is 4.79 Å². The summed E-state index contributed by atoms with van der Waals surface area (Å²) in [6.45, 7) is 2.53. The standard InChI is InChI=1S/C18H15ClN6O2S2/c1-2-27-13-7-8-14-15(9-13)29-17(20-14)21-16(26)10-28-18-22-23-24-25(18)12-5-3-11(19)4-6-12/h3-9H,2,10H2,1H3,(H,20,21,26). The molecule has 2 aromatic carbocycles. The van der Waals surface area contributed by atoms with Crippen LogP contribution in [0.1, 0.15) is 6.92 Å². The van der Waals surface area contributed by atoms with Gasteiger partial charge in [-0.1, -0.05) is 34.7 Å². The summed E-state index contributed by atoms with van der Waals surface area (Å²) >= 11 is 8.55. The number of thiazole rings is 1. The van der Waals surface area contributed by atoms with Crippen LogP contribution in [0.25, 0.3) is 15.9 Å². The molecule has 2 heterocycles. The maximum absolute atomic E-state index is 12.4. The number of hydrogen-bond acceptors (Lipinski definition) is 8. The number of fused-ring (bicyclic) bond motifs is 1. The molecule has 8 nitrogen and oxygen atoms in total. The minimum Gasteiger partial charge on any atom is -0.494 e. The van der Waals surface area contributed by atoms with Crippen LogP contribution in [0.3, 0.4) is 0 Å². The predicted molar refractivity (Wildman–Crippen MR) is 114 cm³/mol. The summed E-state index contributed by atoms with van der Waals surface area (Å²) in [6, 6.07) is 12.8. The van der Waals surface area contributed by atoms with E-state index >= 15 is 0 Å². The van der Waals surface area contributed by atoms with Crippen LogP contribution in [0.4, 0.5) is 5.13 Å². The predicted octanol–water partition coefficient (Wildman–Crippen LogP) is 4.05. The number of nitrogens with one attached hydrogen (secondary N) is 1. The smallest absolute Gasteiger partial charge is 0.236 e. The van der Waals surface area contributed by atoms with Crippen molar-refractivity contribution in [2.24, 2.45) is 0 Å². The van der Waals surface area contributed by atoms with Gasteiger partial charge in [0.05, 0.1) is 28.3 Å².